The van der Waals surface area contributed by atoms with Gasteiger partial charge in [-0.2, -0.15) is 0 Å². The van der Waals surface area contributed by atoms with Crippen LogP contribution in [-0.2, 0) is 9.53 Å². The lowest BCUT2D eigenvalue weighted by atomic mass is 10.2. The molecule has 76 valence electrons. The number of hydrogen-bond donors (Lipinski definition) is 1. The molecule has 1 heterocycles. The molecule has 0 bridgehead atoms. The number of hydrogen-bond acceptors (Lipinski definition) is 3. The molecule has 0 aliphatic carbocycles. The van der Waals surface area contributed by atoms with Crippen molar-refractivity contribution in [2.45, 2.75) is 26.4 Å². The third kappa shape index (κ3) is 3.89. The fourth-order valence-corrected chi connectivity index (χ4v) is 0.851. The molecule has 0 radical (unpaired) electrons. The van der Waals surface area contributed by atoms with Crippen LogP contribution in [0.15, 0.2) is 18.6 Å². The van der Waals surface area contributed by atoms with Gasteiger partial charge < -0.3 is 9.72 Å². The Bertz CT molecular complexity index is 320. The molecule has 4 nitrogen and oxygen atoms in total. The average Bonchev–Trinajstić information content (AvgIpc) is 2.49. The fraction of sp³-hybridized carbons (Fsp3) is 0.400. The van der Waals surface area contributed by atoms with Crippen LogP contribution in [0, 0.1) is 0 Å². The fourth-order valence-electron chi connectivity index (χ4n) is 0.851. The van der Waals surface area contributed by atoms with Crippen LogP contribution < -0.4 is 0 Å². The maximum atomic E-state index is 11.2. The summed E-state index contributed by atoms with van der Waals surface area (Å²) < 4.78 is 5.08. The van der Waals surface area contributed by atoms with Gasteiger partial charge in [0.05, 0.1) is 18.2 Å². The molecule has 4 heteroatoms. The number of imidazole rings is 1. The largest absolute Gasteiger partial charge is 0.457 e. The third-order valence-electron chi connectivity index (χ3n) is 1.33. The van der Waals surface area contributed by atoms with Crippen LogP contribution in [0.4, 0.5) is 0 Å². The smallest absolute Gasteiger partial charge is 0.331 e. The molecule has 14 heavy (non-hydrogen) atoms. The molecule has 0 saturated carbocycles. The second-order valence-corrected chi connectivity index (χ2v) is 3.87. The first-order chi connectivity index (χ1) is 6.47. The van der Waals surface area contributed by atoms with Crippen LogP contribution >= 0.6 is 0 Å². The minimum absolute atomic E-state index is 0.355. The summed E-state index contributed by atoms with van der Waals surface area (Å²) in [5.41, 5.74) is 0.325. The molecule has 1 aromatic heterocycles. The number of carbonyl (C=O) groups excluding carboxylic acids is 1. The van der Waals surface area contributed by atoms with Crippen molar-refractivity contribution in [1.82, 2.24) is 9.97 Å². The van der Waals surface area contributed by atoms with Crippen molar-refractivity contribution in [3.63, 3.8) is 0 Å². The summed E-state index contributed by atoms with van der Waals surface area (Å²) in [5, 5.41) is 0. The van der Waals surface area contributed by atoms with E-state index in [9.17, 15) is 4.79 Å². The highest BCUT2D eigenvalue weighted by atomic mass is 16.6. The number of carbonyl (C=O) groups is 1. The molecule has 0 saturated heterocycles. The lowest BCUT2D eigenvalue weighted by Crippen LogP contribution is -2.22. The van der Waals surface area contributed by atoms with Gasteiger partial charge in [-0.15, -0.1) is 0 Å². The maximum Gasteiger partial charge on any atom is 0.331 e. The van der Waals surface area contributed by atoms with Gasteiger partial charge >= 0.3 is 5.97 Å². The Hall–Kier alpha value is -1.58. The van der Waals surface area contributed by atoms with Crippen molar-refractivity contribution in [3.05, 3.63) is 24.3 Å². The van der Waals surface area contributed by atoms with Gasteiger partial charge in [0, 0.05) is 6.08 Å². The lowest BCUT2D eigenvalue weighted by Gasteiger charge is -2.17. The van der Waals surface area contributed by atoms with Crippen LogP contribution in [0.3, 0.4) is 0 Å². The van der Waals surface area contributed by atoms with Gasteiger partial charge in [0.2, 0.25) is 0 Å². The van der Waals surface area contributed by atoms with Crippen molar-refractivity contribution in [2.24, 2.45) is 0 Å². The highest BCUT2D eigenvalue weighted by molar-refractivity contribution is 5.86. The van der Waals surface area contributed by atoms with Crippen LogP contribution in [0.1, 0.15) is 26.5 Å². The molecule has 0 aliphatic rings. The summed E-state index contributed by atoms with van der Waals surface area (Å²) in [5.74, 6) is -0.355. The second-order valence-electron chi connectivity index (χ2n) is 3.87. The van der Waals surface area contributed by atoms with Gasteiger partial charge in [-0.25, -0.2) is 9.78 Å². The summed E-state index contributed by atoms with van der Waals surface area (Å²) in [6.07, 6.45) is 6.18. The Morgan fingerprint density at radius 1 is 1.57 bits per heavy atom. The molecule has 1 N–H and O–H groups in total. The summed E-state index contributed by atoms with van der Waals surface area (Å²) >= 11 is 0. The van der Waals surface area contributed by atoms with Gasteiger partial charge in [0.1, 0.15) is 5.60 Å². The first-order valence-corrected chi connectivity index (χ1v) is 4.37. The zero-order valence-corrected chi connectivity index (χ0v) is 8.57. The van der Waals surface area contributed by atoms with Crippen molar-refractivity contribution >= 4 is 12.0 Å². The molecular formula is C10H14N2O2. The Morgan fingerprint density at radius 2 is 2.29 bits per heavy atom. The molecule has 0 aliphatic heterocycles. The molecule has 0 unspecified atom stereocenters. The van der Waals surface area contributed by atoms with Crippen LogP contribution in [-0.4, -0.2) is 21.5 Å². The summed E-state index contributed by atoms with van der Waals surface area (Å²) in [7, 11) is 0. The SMILES string of the molecule is CC(C)(C)OC(=O)/C=C/c1cnc[nH]1. The number of ether oxygens (including phenoxy) is 1. The molecule has 0 atom stereocenters. The van der Waals surface area contributed by atoms with Crippen LogP contribution in [0.5, 0.6) is 0 Å². The van der Waals surface area contributed by atoms with Crippen molar-refractivity contribution in [2.75, 3.05) is 0 Å². The molecule has 0 fully saturated rings. The zero-order valence-electron chi connectivity index (χ0n) is 8.57. The van der Waals surface area contributed by atoms with Crippen molar-refractivity contribution < 1.29 is 9.53 Å². The highest BCUT2D eigenvalue weighted by Crippen LogP contribution is 2.07. The van der Waals surface area contributed by atoms with E-state index in [-0.39, 0.29) is 5.97 Å². The summed E-state index contributed by atoms with van der Waals surface area (Å²) in [6, 6.07) is 0. The van der Waals surface area contributed by atoms with E-state index in [4.69, 9.17) is 4.74 Å². The quantitative estimate of drug-likeness (QED) is 0.576. The molecule has 1 rings (SSSR count). The topological polar surface area (TPSA) is 55.0 Å². The van der Waals surface area contributed by atoms with E-state index in [1.165, 1.54) is 6.08 Å². The standard InChI is InChI=1S/C10H14N2O2/c1-10(2,3)14-9(13)5-4-8-6-11-7-12-8/h4-7H,1-3H3,(H,11,12)/b5-4+. The Kier molecular flexibility index (Phi) is 3.06. The van der Waals surface area contributed by atoms with Gasteiger partial charge in [0.25, 0.3) is 0 Å². The monoisotopic (exact) mass is 194 g/mol. The Morgan fingerprint density at radius 3 is 2.79 bits per heavy atom. The minimum Gasteiger partial charge on any atom is -0.457 e. The first-order valence-electron chi connectivity index (χ1n) is 4.37. The van der Waals surface area contributed by atoms with E-state index in [1.54, 1.807) is 18.6 Å². The van der Waals surface area contributed by atoms with Gasteiger partial charge in [0.15, 0.2) is 0 Å². The number of nitrogens with one attached hydrogen (secondary N) is 1. The number of aromatic nitrogens is 2. The number of aromatic amines is 1. The second kappa shape index (κ2) is 4.09. The summed E-state index contributed by atoms with van der Waals surface area (Å²) in [4.78, 5) is 17.9. The third-order valence-corrected chi connectivity index (χ3v) is 1.33. The molecular weight excluding hydrogens is 180 g/mol. The van der Waals surface area contributed by atoms with E-state index in [0.29, 0.717) is 0 Å². The maximum absolute atomic E-state index is 11.2. The molecule has 0 amide bonds. The first kappa shape index (κ1) is 10.5. The van der Waals surface area contributed by atoms with E-state index in [2.05, 4.69) is 9.97 Å². The number of rotatable bonds is 2. The summed E-state index contributed by atoms with van der Waals surface area (Å²) in [6.45, 7) is 5.48. The van der Waals surface area contributed by atoms with E-state index < -0.39 is 5.60 Å². The van der Waals surface area contributed by atoms with E-state index >= 15 is 0 Å². The minimum atomic E-state index is -0.449. The van der Waals surface area contributed by atoms with E-state index in [0.717, 1.165) is 5.69 Å². The highest BCUT2D eigenvalue weighted by Gasteiger charge is 2.13. The van der Waals surface area contributed by atoms with E-state index in [1.807, 2.05) is 20.8 Å². The van der Waals surface area contributed by atoms with Crippen molar-refractivity contribution in [1.29, 1.82) is 0 Å². The number of nitrogens with zero attached hydrogens (tertiary/aromatic N) is 1. The van der Waals surface area contributed by atoms with Crippen molar-refractivity contribution in [3.8, 4) is 0 Å². The van der Waals surface area contributed by atoms with Crippen LogP contribution in [0.25, 0.3) is 6.08 Å². The molecule has 0 spiro atoms. The predicted octanol–water partition coefficient (Wildman–Crippen LogP) is 1.76. The number of H-pyrrole nitrogens is 1. The predicted molar refractivity (Wildman–Crippen MR) is 53.5 cm³/mol. The van der Waals surface area contributed by atoms with Crippen LogP contribution in [0.2, 0.25) is 0 Å². The normalized spacial score (nSPS) is 11.9. The Balaban J connectivity index is 2.49. The average molecular weight is 194 g/mol. The number of esters is 1. The van der Waals surface area contributed by atoms with Gasteiger partial charge in [-0.3, -0.25) is 0 Å². The van der Waals surface area contributed by atoms with Gasteiger partial charge in [-0.1, -0.05) is 0 Å². The molecule has 0 aromatic carbocycles. The Labute approximate surface area is 83.0 Å². The lowest BCUT2D eigenvalue weighted by molar-refractivity contribution is -0.148. The molecule has 1 aromatic rings. The zero-order chi connectivity index (χ0) is 10.6. The van der Waals surface area contributed by atoms with Gasteiger partial charge in [-0.05, 0) is 26.8 Å².